The molecule has 1 aromatic rings. The summed E-state index contributed by atoms with van der Waals surface area (Å²) >= 11 is 0. The molecular formula is C11H16N2O4. The van der Waals surface area contributed by atoms with Crippen molar-refractivity contribution in [1.82, 2.24) is 9.97 Å². The molecule has 0 spiro atoms. The van der Waals surface area contributed by atoms with E-state index in [4.69, 9.17) is 9.47 Å². The molecule has 0 saturated heterocycles. The second-order valence-corrected chi connectivity index (χ2v) is 3.32. The average molecular weight is 240 g/mol. The number of nitrogens with zero attached hydrogens (tertiary/aromatic N) is 2. The summed E-state index contributed by atoms with van der Waals surface area (Å²) in [5.41, 5.74) is 0.119. The number of carbonyl (C=O) groups excluding carboxylic acids is 1. The molecule has 0 aromatic carbocycles. The van der Waals surface area contributed by atoms with Gasteiger partial charge in [0.25, 0.3) is 0 Å². The number of hydrogen-bond donors (Lipinski definition) is 0. The van der Waals surface area contributed by atoms with Crippen LogP contribution in [0.5, 0.6) is 5.88 Å². The Bertz CT molecular complexity index is 370. The van der Waals surface area contributed by atoms with Crippen LogP contribution in [0.25, 0.3) is 0 Å². The summed E-state index contributed by atoms with van der Waals surface area (Å²) in [6.07, 6.45) is 2.61. The predicted molar refractivity (Wildman–Crippen MR) is 60.0 cm³/mol. The molecular weight excluding hydrogens is 224 g/mol. The third-order valence-corrected chi connectivity index (χ3v) is 1.89. The molecule has 0 radical (unpaired) electrons. The van der Waals surface area contributed by atoms with E-state index in [2.05, 4.69) is 14.7 Å². The Labute approximate surface area is 99.9 Å². The van der Waals surface area contributed by atoms with Crippen molar-refractivity contribution in [2.45, 2.75) is 20.0 Å². The van der Waals surface area contributed by atoms with Crippen LogP contribution in [0.1, 0.15) is 24.3 Å². The van der Waals surface area contributed by atoms with Crippen LogP contribution in [0, 0.1) is 0 Å². The van der Waals surface area contributed by atoms with Crippen LogP contribution in [-0.4, -0.2) is 42.4 Å². The maximum Gasteiger partial charge on any atom is 0.358 e. The molecule has 17 heavy (non-hydrogen) atoms. The highest BCUT2D eigenvalue weighted by molar-refractivity contribution is 5.86. The van der Waals surface area contributed by atoms with E-state index in [1.54, 1.807) is 0 Å². The second-order valence-electron chi connectivity index (χ2n) is 3.32. The van der Waals surface area contributed by atoms with Crippen molar-refractivity contribution in [3.05, 3.63) is 18.1 Å². The summed E-state index contributed by atoms with van der Waals surface area (Å²) in [5, 5.41) is 0. The summed E-state index contributed by atoms with van der Waals surface area (Å²) in [4.78, 5) is 19.1. The van der Waals surface area contributed by atoms with Crippen molar-refractivity contribution in [2.75, 3.05) is 20.3 Å². The minimum atomic E-state index is -0.541. The van der Waals surface area contributed by atoms with Crippen LogP contribution in [0.15, 0.2) is 12.4 Å². The van der Waals surface area contributed by atoms with Crippen molar-refractivity contribution in [1.29, 1.82) is 0 Å². The van der Waals surface area contributed by atoms with Crippen molar-refractivity contribution < 1.29 is 19.0 Å². The smallest absolute Gasteiger partial charge is 0.358 e. The van der Waals surface area contributed by atoms with E-state index in [1.807, 2.05) is 13.8 Å². The van der Waals surface area contributed by atoms with Gasteiger partial charge in [0.05, 0.1) is 26.1 Å². The first-order chi connectivity index (χ1) is 8.17. The summed E-state index contributed by atoms with van der Waals surface area (Å²) < 4.78 is 15.2. The Kier molecular flexibility index (Phi) is 5.35. The fourth-order valence-corrected chi connectivity index (χ4v) is 1.13. The van der Waals surface area contributed by atoms with Gasteiger partial charge in [-0.2, -0.15) is 0 Å². The molecule has 94 valence electrons. The lowest BCUT2D eigenvalue weighted by Gasteiger charge is -2.13. The molecule has 0 fully saturated rings. The normalized spacial score (nSPS) is 11.9. The first-order valence-corrected chi connectivity index (χ1v) is 5.32. The molecule has 6 heteroatoms. The zero-order chi connectivity index (χ0) is 12.7. The molecule has 0 amide bonds. The Hall–Kier alpha value is -1.69. The van der Waals surface area contributed by atoms with Gasteiger partial charge in [-0.3, -0.25) is 4.98 Å². The number of methoxy groups -OCH3 is 1. The lowest BCUT2D eigenvalue weighted by molar-refractivity contribution is 0.0573. The average Bonchev–Trinajstić information content (AvgIpc) is 2.35. The summed E-state index contributed by atoms with van der Waals surface area (Å²) in [6, 6.07) is 0. The van der Waals surface area contributed by atoms with Gasteiger partial charge in [0.2, 0.25) is 5.88 Å². The molecule has 0 aliphatic rings. The lowest BCUT2D eigenvalue weighted by atomic mass is 10.4. The summed E-state index contributed by atoms with van der Waals surface area (Å²) in [7, 11) is 1.29. The summed E-state index contributed by atoms with van der Waals surface area (Å²) in [6.45, 7) is 4.84. The van der Waals surface area contributed by atoms with Gasteiger partial charge < -0.3 is 14.2 Å². The molecule has 1 rings (SSSR count). The Morgan fingerprint density at radius 2 is 2.24 bits per heavy atom. The number of rotatable bonds is 6. The largest absolute Gasteiger partial charge is 0.471 e. The highest BCUT2D eigenvalue weighted by atomic mass is 16.5. The van der Waals surface area contributed by atoms with Gasteiger partial charge in [0.15, 0.2) is 5.69 Å². The monoisotopic (exact) mass is 240 g/mol. The van der Waals surface area contributed by atoms with Crippen LogP contribution < -0.4 is 4.74 Å². The topological polar surface area (TPSA) is 70.5 Å². The molecule has 0 aliphatic carbocycles. The van der Waals surface area contributed by atoms with E-state index in [0.717, 1.165) is 0 Å². The van der Waals surface area contributed by atoms with Gasteiger partial charge in [-0.05, 0) is 13.8 Å². The number of hydrogen-bond acceptors (Lipinski definition) is 6. The Morgan fingerprint density at radius 3 is 2.88 bits per heavy atom. The molecule has 1 heterocycles. The molecule has 1 aromatic heterocycles. The van der Waals surface area contributed by atoms with Crippen molar-refractivity contribution >= 4 is 5.97 Å². The maximum absolute atomic E-state index is 11.2. The number of esters is 1. The van der Waals surface area contributed by atoms with Crippen LogP contribution in [-0.2, 0) is 9.47 Å². The van der Waals surface area contributed by atoms with E-state index in [-0.39, 0.29) is 17.7 Å². The van der Waals surface area contributed by atoms with Crippen molar-refractivity contribution in [3.8, 4) is 5.88 Å². The quantitative estimate of drug-likeness (QED) is 0.692. The third kappa shape index (κ3) is 4.36. The van der Waals surface area contributed by atoms with Crippen LogP contribution in [0.3, 0.4) is 0 Å². The van der Waals surface area contributed by atoms with E-state index >= 15 is 0 Å². The molecule has 0 N–H and O–H groups in total. The number of aromatic nitrogens is 2. The maximum atomic E-state index is 11.2. The number of ether oxygens (including phenoxy) is 3. The van der Waals surface area contributed by atoms with Gasteiger partial charge in [-0.25, -0.2) is 9.78 Å². The Morgan fingerprint density at radius 1 is 1.47 bits per heavy atom. The van der Waals surface area contributed by atoms with Crippen LogP contribution in [0.2, 0.25) is 0 Å². The fraction of sp³-hybridized carbons (Fsp3) is 0.545. The minimum absolute atomic E-state index is 0.119. The molecule has 0 saturated carbocycles. The van der Waals surface area contributed by atoms with Crippen molar-refractivity contribution in [3.63, 3.8) is 0 Å². The van der Waals surface area contributed by atoms with Gasteiger partial charge in [0, 0.05) is 6.61 Å². The highest BCUT2D eigenvalue weighted by Gasteiger charge is 2.11. The zero-order valence-corrected chi connectivity index (χ0v) is 10.2. The standard InChI is InChI=1S/C11H16N2O4/c1-4-16-7-8(2)17-10-6-12-5-9(13-10)11(14)15-3/h5-6,8H,4,7H2,1-3H3. The number of carbonyl (C=O) groups is 1. The second kappa shape index (κ2) is 6.80. The highest BCUT2D eigenvalue weighted by Crippen LogP contribution is 2.08. The van der Waals surface area contributed by atoms with Gasteiger partial charge in [-0.15, -0.1) is 0 Å². The minimum Gasteiger partial charge on any atom is -0.471 e. The zero-order valence-electron chi connectivity index (χ0n) is 10.2. The molecule has 1 unspecified atom stereocenters. The molecule has 6 nitrogen and oxygen atoms in total. The first kappa shape index (κ1) is 13.4. The third-order valence-electron chi connectivity index (χ3n) is 1.89. The summed E-state index contributed by atoms with van der Waals surface area (Å²) in [5.74, 6) is -0.263. The van der Waals surface area contributed by atoms with Crippen LogP contribution >= 0.6 is 0 Å². The van der Waals surface area contributed by atoms with Crippen LogP contribution in [0.4, 0.5) is 0 Å². The van der Waals surface area contributed by atoms with Gasteiger partial charge in [0.1, 0.15) is 6.10 Å². The van der Waals surface area contributed by atoms with Gasteiger partial charge in [-0.1, -0.05) is 0 Å². The Balaban J connectivity index is 2.62. The van der Waals surface area contributed by atoms with Gasteiger partial charge >= 0.3 is 5.97 Å². The fourth-order valence-electron chi connectivity index (χ4n) is 1.13. The SMILES string of the molecule is CCOCC(C)Oc1cncc(C(=O)OC)n1. The first-order valence-electron chi connectivity index (χ1n) is 5.32. The van der Waals surface area contributed by atoms with E-state index in [9.17, 15) is 4.79 Å². The van der Waals surface area contributed by atoms with E-state index in [1.165, 1.54) is 19.5 Å². The van der Waals surface area contributed by atoms with E-state index < -0.39 is 5.97 Å². The lowest BCUT2D eigenvalue weighted by Crippen LogP contribution is -2.20. The van der Waals surface area contributed by atoms with Crippen molar-refractivity contribution in [2.24, 2.45) is 0 Å². The predicted octanol–water partition coefficient (Wildman–Crippen LogP) is 1.07. The van der Waals surface area contributed by atoms with E-state index in [0.29, 0.717) is 13.2 Å². The molecule has 1 atom stereocenters. The molecule has 0 aliphatic heterocycles. The molecule has 0 bridgehead atoms.